The van der Waals surface area contributed by atoms with Crippen LogP contribution in [0.1, 0.15) is 41.5 Å². The zero-order valence-electron chi connectivity index (χ0n) is 15.8. The van der Waals surface area contributed by atoms with Gasteiger partial charge in [0.25, 0.3) is 0 Å². The fraction of sp³-hybridized carbons (Fsp3) is 0.318. The summed E-state index contributed by atoms with van der Waals surface area (Å²) in [6.07, 6.45) is 4.18. The van der Waals surface area contributed by atoms with Crippen LogP contribution >= 0.6 is 0 Å². The number of nitrogens with zero attached hydrogens (tertiary/aromatic N) is 4. The van der Waals surface area contributed by atoms with Crippen LogP contribution in [0.2, 0.25) is 0 Å². The van der Waals surface area contributed by atoms with E-state index in [9.17, 15) is 4.79 Å². The predicted octanol–water partition coefficient (Wildman–Crippen LogP) is 3.79. The normalized spacial score (nSPS) is 16.7. The standard InChI is InChI=1S/C22H24N4O/c1-16-19(17(2)26(24-16)18-9-4-3-5-10-18)15-22(27)25-14-8-12-21(25)20-11-6-7-13-23-20/h3-7,9-11,13,21H,8,12,14-15H2,1-2H3. The van der Waals surface area contributed by atoms with Crippen LogP contribution in [-0.2, 0) is 11.2 Å². The summed E-state index contributed by atoms with van der Waals surface area (Å²) in [5.41, 5.74) is 4.97. The predicted molar refractivity (Wildman–Crippen MR) is 105 cm³/mol. The molecule has 3 heterocycles. The average Bonchev–Trinajstić information content (AvgIpc) is 3.30. The number of carbonyl (C=O) groups is 1. The van der Waals surface area contributed by atoms with Crippen molar-refractivity contribution in [2.24, 2.45) is 0 Å². The molecule has 0 bridgehead atoms. The molecule has 5 heteroatoms. The first-order valence-corrected chi connectivity index (χ1v) is 9.46. The van der Waals surface area contributed by atoms with Crippen molar-refractivity contribution in [3.63, 3.8) is 0 Å². The lowest BCUT2D eigenvalue weighted by Gasteiger charge is -2.24. The number of carbonyl (C=O) groups excluding carboxylic acids is 1. The van der Waals surface area contributed by atoms with Gasteiger partial charge in [-0.15, -0.1) is 0 Å². The monoisotopic (exact) mass is 360 g/mol. The maximum Gasteiger partial charge on any atom is 0.227 e. The lowest BCUT2D eigenvalue weighted by Crippen LogP contribution is -2.32. The van der Waals surface area contributed by atoms with E-state index in [1.54, 1.807) is 6.20 Å². The first-order valence-electron chi connectivity index (χ1n) is 9.46. The smallest absolute Gasteiger partial charge is 0.227 e. The second kappa shape index (κ2) is 7.35. The fourth-order valence-corrected chi connectivity index (χ4v) is 3.95. The third-order valence-electron chi connectivity index (χ3n) is 5.37. The molecule has 0 spiro atoms. The topological polar surface area (TPSA) is 51.0 Å². The Morgan fingerprint density at radius 2 is 1.89 bits per heavy atom. The molecule has 1 saturated heterocycles. The largest absolute Gasteiger partial charge is 0.334 e. The fourth-order valence-electron chi connectivity index (χ4n) is 3.95. The molecule has 1 aromatic carbocycles. The summed E-state index contributed by atoms with van der Waals surface area (Å²) in [6.45, 7) is 4.82. The Bertz CT molecular complexity index is 934. The molecular weight excluding hydrogens is 336 g/mol. The number of para-hydroxylation sites is 1. The van der Waals surface area contributed by atoms with Crippen molar-refractivity contribution in [3.8, 4) is 5.69 Å². The van der Waals surface area contributed by atoms with Gasteiger partial charge in [0.1, 0.15) is 0 Å². The van der Waals surface area contributed by atoms with E-state index in [1.807, 2.05) is 72.0 Å². The van der Waals surface area contributed by atoms with Gasteiger partial charge < -0.3 is 4.90 Å². The van der Waals surface area contributed by atoms with Gasteiger partial charge in [0.05, 0.1) is 29.5 Å². The highest BCUT2D eigenvalue weighted by atomic mass is 16.2. The highest BCUT2D eigenvalue weighted by Crippen LogP contribution is 2.31. The second-order valence-electron chi connectivity index (χ2n) is 7.07. The number of rotatable bonds is 4. The van der Waals surface area contributed by atoms with E-state index in [2.05, 4.69) is 10.1 Å². The first kappa shape index (κ1) is 17.5. The van der Waals surface area contributed by atoms with Gasteiger partial charge in [-0.2, -0.15) is 5.10 Å². The number of pyridine rings is 1. The Kier molecular flexibility index (Phi) is 4.75. The summed E-state index contributed by atoms with van der Waals surface area (Å²) >= 11 is 0. The third-order valence-corrected chi connectivity index (χ3v) is 5.37. The Balaban J connectivity index is 1.57. The quantitative estimate of drug-likeness (QED) is 0.711. The zero-order valence-corrected chi connectivity index (χ0v) is 15.8. The summed E-state index contributed by atoms with van der Waals surface area (Å²) in [5, 5.41) is 4.67. The maximum absolute atomic E-state index is 13.1. The van der Waals surface area contributed by atoms with E-state index in [0.29, 0.717) is 6.42 Å². The molecule has 3 aromatic rings. The van der Waals surface area contributed by atoms with Crippen molar-refractivity contribution in [2.45, 2.75) is 39.2 Å². The van der Waals surface area contributed by atoms with Crippen LogP contribution in [0.25, 0.3) is 5.69 Å². The van der Waals surface area contributed by atoms with Gasteiger partial charge in [-0.05, 0) is 51.0 Å². The van der Waals surface area contributed by atoms with E-state index < -0.39 is 0 Å². The summed E-state index contributed by atoms with van der Waals surface area (Å²) < 4.78 is 1.93. The van der Waals surface area contributed by atoms with E-state index in [-0.39, 0.29) is 11.9 Å². The Morgan fingerprint density at radius 1 is 1.11 bits per heavy atom. The SMILES string of the molecule is Cc1nn(-c2ccccc2)c(C)c1CC(=O)N1CCCC1c1ccccn1. The molecule has 1 aliphatic heterocycles. The molecule has 0 radical (unpaired) electrons. The molecule has 2 aromatic heterocycles. The Morgan fingerprint density at radius 3 is 2.63 bits per heavy atom. The Hall–Kier alpha value is -2.95. The van der Waals surface area contributed by atoms with Crippen molar-refractivity contribution < 1.29 is 4.79 Å². The zero-order chi connectivity index (χ0) is 18.8. The van der Waals surface area contributed by atoms with Gasteiger partial charge in [0.15, 0.2) is 0 Å². The maximum atomic E-state index is 13.1. The lowest BCUT2D eigenvalue weighted by atomic mass is 10.1. The summed E-state index contributed by atoms with van der Waals surface area (Å²) in [5.74, 6) is 0.155. The van der Waals surface area contributed by atoms with Gasteiger partial charge in [0, 0.05) is 24.0 Å². The van der Waals surface area contributed by atoms with Crippen LogP contribution in [0.3, 0.4) is 0 Å². The van der Waals surface area contributed by atoms with Gasteiger partial charge >= 0.3 is 0 Å². The van der Waals surface area contributed by atoms with Crippen LogP contribution < -0.4 is 0 Å². The Labute approximate surface area is 159 Å². The van der Waals surface area contributed by atoms with Crippen molar-refractivity contribution >= 4 is 5.91 Å². The molecule has 138 valence electrons. The molecule has 1 atom stereocenters. The van der Waals surface area contributed by atoms with Gasteiger partial charge in [-0.1, -0.05) is 24.3 Å². The van der Waals surface area contributed by atoms with Crippen molar-refractivity contribution in [1.29, 1.82) is 0 Å². The minimum absolute atomic E-state index is 0.0866. The molecule has 27 heavy (non-hydrogen) atoms. The van der Waals surface area contributed by atoms with Crippen LogP contribution in [0.15, 0.2) is 54.7 Å². The molecule has 0 aliphatic carbocycles. The number of aryl methyl sites for hydroxylation is 1. The number of amides is 1. The van der Waals surface area contributed by atoms with E-state index in [0.717, 1.165) is 47.7 Å². The molecule has 1 unspecified atom stereocenters. The lowest BCUT2D eigenvalue weighted by molar-refractivity contribution is -0.131. The number of aromatic nitrogens is 3. The van der Waals surface area contributed by atoms with Gasteiger partial charge in [-0.25, -0.2) is 4.68 Å². The highest BCUT2D eigenvalue weighted by molar-refractivity contribution is 5.80. The van der Waals surface area contributed by atoms with Crippen LogP contribution in [0, 0.1) is 13.8 Å². The molecular formula is C22H24N4O. The molecule has 4 rings (SSSR count). The number of hydrogen-bond donors (Lipinski definition) is 0. The van der Waals surface area contributed by atoms with E-state index in [1.165, 1.54) is 0 Å². The molecule has 0 N–H and O–H groups in total. The molecule has 0 saturated carbocycles. The van der Waals surface area contributed by atoms with Gasteiger partial charge in [-0.3, -0.25) is 9.78 Å². The summed E-state index contributed by atoms with van der Waals surface area (Å²) in [7, 11) is 0. The van der Waals surface area contributed by atoms with Crippen LogP contribution in [0.4, 0.5) is 0 Å². The second-order valence-corrected chi connectivity index (χ2v) is 7.07. The van der Waals surface area contributed by atoms with Crippen molar-refractivity contribution in [1.82, 2.24) is 19.7 Å². The molecule has 5 nitrogen and oxygen atoms in total. The number of benzene rings is 1. The molecule has 1 amide bonds. The minimum atomic E-state index is 0.0866. The minimum Gasteiger partial charge on any atom is -0.334 e. The average molecular weight is 360 g/mol. The molecule has 1 fully saturated rings. The summed E-state index contributed by atoms with van der Waals surface area (Å²) in [4.78, 5) is 19.6. The van der Waals surface area contributed by atoms with E-state index in [4.69, 9.17) is 0 Å². The van der Waals surface area contributed by atoms with Gasteiger partial charge in [0.2, 0.25) is 5.91 Å². The number of likely N-dealkylation sites (tertiary alicyclic amines) is 1. The van der Waals surface area contributed by atoms with Crippen LogP contribution in [-0.4, -0.2) is 32.1 Å². The highest BCUT2D eigenvalue weighted by Gasteiger charge is 2.31. The molecule has 1 aliphatic rings. The first-order chi connectivity index (χ1) is 13.1. The third kappa shape index (κ3) is 3.37. The summed E-state index contributed by atoms with van der Waals surface area (Å²) in [6, 6.07) is 16.0. The van der Waals surface area contributed by atoms with Crippen molar-refractivity contribution in [3.05, 3.63) is 77.4 Å². The van der Waals surface area contributed by atoms with E-state index >= 15 is 0 Å². The number of hydrogen-bond acceptors (Lipinski definition) is 3. The van der Waals surface area contributed by atoms with Crippen LogP contribution in [0.5, 0.6) is 0 Å². The van der Waals surface area contributed by atoms with Crippen molar-refractivity contribution in [2.75, 3.05) is 6.54 Å².